The van der Waals surface area contributed by atoms with Gasteiger partial charge in [-0.05, 0) is 43.4 Å². The van der Waals surface area contributed by atoms with Crippen molar-refractivity contribution in [2.75, 3.05) is 0 Å². The Morgan fingerprint density at radius 3 is 2.04 bits per heavy atom. The van der Waals surface area contributed by atoms with Crippen molar-refractivity contribution in [1.29, 1.82) is 0 Å². The van der Waals surface area contributed by atoms with E-state index in [4.69, 9.17) is 0 Å². The van der Waals surface area contributed by atoms with E-state index >= 15 is 0 Å². The molecule has 1 atom stereocenters. The third kappa shape index (κ3) is 4.95. The number of nitrogens with one attached hydrogen (secondary N) is 1. The SMILES string of the molecule is Cc1ccc(S(=O)(=O)NC(c2ccccc2)C2CCCCCCC2)cc1. The van der Waals surface area contributed by atoms with Crippen LogP contribution in [0.2, 0.25) is 0 Å². The van der Waals surface area contributed by atoms with Crippen molar-refractivity contribution in [3.05, 3.63) is 65.7 Å². The Morgan fingerprint density at radius 2 is 1.42 bits per heavy atom. The zero-order valence-electron chi connectivity index (χ0n) is 15.5. The fourth-order valence-electron chi connectivity index (χ4n) is 3.87. The molecule has 1 saturated carbocycles. The molecule has 140 valence electrons. The monoisotopic (exact) mass is 371 g/mol. The van der Waals surface area contributed by atoms with Crippen molar-refractivity contribution in [2.24, 2.45) is 5.92 Å². The van der Waals surface area contributed by atoms with Gasteiger partial charge in [-0.2, -0.15) is 0 Å². The van der Waals surface area contributed by atoms with Gasteiger partial charge in [-0.15, -0.1) is 0 Å². The second-order valence-electron chi connectivity index (χ2n) is 7.43. The summed E-state index contributed by atoms with van der Waals surface area (Å²) in [6.07, 6.45) is 8.33. The van der Waals surface area contributed by atoms with Crippen LogP contribution < -0.4 is 4.72 Å². The summed E-state index contributed by atoms with van der Waals surface area (Å²) in [5.74, 6) is 0.345. The van der Waals surface area contributed by atoms with Crippen molar-refractivity contribution >= 4 is 10.0 Å². The number of sulfonamides is 1. The molecule has 3 rings (SSSR count). The van der Waals surface area contributed by atoms with E-state index in [2.05, 4.69) is 4.72 Å². The van der Waals surface area contributed by atoms with Crippen LogP contribution >= 0.6 is 0 Å². The second-order valence-corrected chi connectivity index (χ2v) is 9.14. The van der Waals surface area contributed by atoms with Crippen molar-refractivity contribution in [2.45, 2.75) is 62.8 Å². The molecule has 0 amide bonds. The van der Waals surface area contributed by atoms with E-state index in [-0.39, 0.29) is 6.04 Å². The molecule has 1 aliphatic rings. The van der Waals surface area contributed by atoms with Gasteiger partial charge in [-0.3, -0.25) is 0 Å². The molecule has 2 aromatic carbocycles. The molecule has 0 heterocycles. The fourth-order valence-corrected chi connectivity index (χ4v) is 5.16. The van der Waals surface area contributed by atoms with Gasteiger partial charge in [0.05, 0.1) is 4.90 Å². The standard InChI is InChI=1S/C22H29NO2S/c1-18-14-16-21(17-15-18)26(24,25)23-22(20-12-8-5-9-13-20)19-10-6-3-2-4-7-11-19/h5,8-9,12-17,19,22-23H,2-4,6-7,10-11H2,1H3. The highest BCUT2D eigenvalue weighted by atomic mass is 32.2. The normalized spacial score (nSPS) is 18.0. The first-order valence-corrected chi connectivity index (χ1v) is 11.2. The van der Waals surface area contributed by atoms with Gasteiger partial charge in [0.2, 0.25) is 10.0 Å². The molecule has 1 fully saturated rings. The molecule has 1 aliphatic carbocycles. The Kier molecular flexibility index (Phi) is 6.49. The van der Waals surface area contributed by atoms with Gasteiger partial charge in [0.1, 0.15) is 0 Å². The van der Waals surface area contributed by atoms with Crippen LogP contribution in [-0.4, -0.2) is 8.42 Å². The average molecular weight is 372 g/mol. The van der Waals surface area contributed by atoms with E-state index in [0.717, 1.165) is 24.0 Å². The molecule has 0 aromatic heterocycles. The van der Waals surface area contributed by atoms with E-state index in [1.165, 1.54) is 32.1 Å². The summed E-state index contributed by atoms with van der Waals surface area (Å²) in [6.45, 7) is 1.96. The Balaban J connectivity index is 1.88. The largest absolute Gasteiger partial charge is 0.241 e. The zero-order valence-corrected chi connectivity index (χ0v) is 16.3. The lowest BCUT2D eigenvalue weighted by molar-refractivity contribution is 0.312. The van der Waals surface area contributed by atoms with E-state index in [1.807, 2.05) is 49.4 Å². The maximum atomic E-state index is 13.0. The highest BCUT2D eigenvalue weighted by Gasteiger charge is 2.28. The first-order valence-electron chi connectivity index (χ1n) is 9.70. The van der Waals surface area contributed by atoms with Gasteiger partial charge in [-0.1, -0.05) is 80.1 Å². The highest BCUT2D eigenvalue weighted by molar-refractivity contribution is 7.89. The molecule has 0 aliphatic heterocycles. The number of hydrogen-bond acceptors (Lipinski definition) is 2. The number of benzene rings is 2. The lowest BCUT2D eigenvalue weighted by atomic mass is 9.83. The van der Waals surface area contributed by atoms with Gasteiger partial charge < -0.3 is 0 Å². The minimum atomic E-state index is -3.54. The smallest absolute Gasteiger partial charge is 0.207 e. The number of aryl methyl sites for hydroxylation is 1. The van der Waals surface area contributed by atoms with Crippen LogP contribution in [0.1, 0.15) is 62.1 Å². The summed E-state index contributed by atoms with van der Waals surface area (Å²) in [7, 11) is -3.54. The molecule has 26 heavy (non-hydrogen) atoms. The number of hydrogen-bond donors (Lipinski definition) is 1. The topological polar surface area (TPSA) is 46.2 Å². The maximum absolute atomic E-state index is 13.0. The summed E-state index contributed by atoms with van der Waals surface area (Å²) in [4.78, 5) is 0.342. The summed E-state index contributed by atoms with van der Waals surface area (Å²) < 4.78 is 29.1. The van der Waals surface area contributed by atoms with E-state index < -0.39 is 10.0 Å². The van der Waals surface area contributed by atoms with Crippen LogP contribution in [0.3, 0.4) is 0 Å². The van der Waals surface area contributed by atoms with Crippen LogP contribution in [0.5, 0.6) is 0 Å². The van der Waals surface area contributed by atoms with Crippen molar-refractivity contribution in [3.63, 3.8) is 0 Å². The fraction of sp³-hybridized carbons (Fsp3) is 0.455. The van der Waals surface area contributed by atoms with Crippen LogP contribution in [-0.2, 0) is 10.0 Å². The lowest BCUT2D eigenvalue weighted by Crippen LogP contribution is -2.34. The summed E-state index contributed by atoms with van der Waals surface area (Å²) >= 11 is 0. The molecule has 0 saturated heterocycles. The third-order valence-corrected chi connectivity index (χ3v) is 6.85. The minimum Gasteiger partial charge on any atom is -0.207 e. The van der Waals surface area contributed by atoms with Crippen molar-refractivity contribution in [1.82, 2.24) is 4.72 Å². The Morgan fingerprint density at radius 1 is 0.846 bits per heavy atom. The Labute approximate surface area is 157 Å². The summed E-state index contributed by atoms with van der Waals surface area (Å²) in [6, 6.07) is 17.0. The van der Waals surface area contributed by atoms with Crippen LogP contribution in [0.15, 0.2) is 59.5 Å². The Hall–Kier alpha value is -1.65. The molecule has 2 aromatic rings. The molecule has 0 radical (unpaired) electrons. The molecule has 1 N–H and O–H groups in total. The maximum Gasteiger partial charge on any atom is 0.241 e. The quantitative estimate of drug-likeness (QED) is 0.767. The molecular formula is C22H29NO2S. The van der Waals surface area contributed by atoms with Gasteiger partial charge in [0, 0.05) is 6.04 Å². The van der Waals surface area contributed by atoms with E-state index in [0.29, 0.717) is 10.8 Å². The second kappa shape index (κ2) is 8.83. The van der Waals surface area contributed by atoms with Crippen LogP contribution in [0, 0.1) is 12.8 Å². The molecular weight excluding hydrogens is 342 g/mol. The summed E-state index contributed by atoms with van der Waals surface area (Å²) in [5.41, 5.74) is 2.12. The van der Waals surface area contributed by atoms with E-state index in [1.54, 1.807) is 12.1 Å². The molecule has 3 nitrogen and oxygen atoms in total. The van der Waals surface area contributed by atoms with Crippen molar-refractivity contribution in [3.8, 4) is 0 Å². The van der Waals surface area contributed by atoms with Gasteiger partial charge in [0.25, 0.3) is 0 Å². The molecule has 0 bridgehead atoms. The molecule has 0 spiro atoms. The minimum absolute atomic E-state index is 0.166. The van der Waals surface area contributed by atoms with Crippen molar-refractivity contribution < 1.29 is 8.42 Å². The zero-order chi connectivity index (χ0) is 18.4. The predicted molar refractivity (Wildman–Crippen MR) is 106 cm³/mol. The predicted octanol–water partition coefficient (Wildman–Crippen LogP) is 5.38. The highest BCUT2D eigenvalue weighted by Crippen LogP contribution is 2.34. The lowest BCUT2D eigenvalue weighted by Gasteiger charge is -2.30. The number of rotatable bonds is 5. The van der Waals surface area contributed by atoms with Gasteiger partial charge in [0.15, 0.2) is 0 Å². The molecule has 4 heteroatoms. The Bertz CT molecular complexity index is 777. The van der Waals surface area contributed by atoms with Crippen LogP contribution in [0.25, 0.3) is 0 Å². The molecule has 1 unspecified atom stereocenters. The van der Waals surface area contributed by atoms with Gasteiger partial charge in [-0.25, -0.2) is 13.1 Å². The first-order chi connectivity index (χ1) is 12.6. The first kappa shape index (κ1) is 19.1. The average Bonchev–Trinajstić information content (AvgIpc) is 2.61. The van der Waals surface area contributed by atoms with Crippen LogP contribution in [0.4, 0.5) is 0 Å². The van der Waals surface area contributed by atoms with E-state index in [9.17, 15) is 8.42 Å². The third-order valence-electron chi connectivity index (χ3n) is 5.39. The van der Waals surface area contributed by atoms with Gasteiger partial charge >= 0.3 is 0 Å². The summed E-state index contributed by atoms with van der Waals surface area (Å²) in [5, 5.41) is 0.